The molecule has 1 saturated heterocycles. The van der Waals surface area contributed by atoms with E-state index in [2.05, 4.69) is 15.9 Å². The van der Waals surface area contributed by atoms with E-state index in [4.69, 9.17) is 11.6 Å². The predicted molar refractivity (Wildman–Crippen MR) is 122 cm³/mol. The van der Waals surface area contributed by atoms with E-state index in [0.717, 1.165) is 10.0 Å². The van der Waals surface area contributed by atoms with Crippen molar-refractivity contribution in [2.24, 2.45) is 0 Å². The van der Waals surface area contributed by atoms with Gasteiger partial charge in [-0.2, -0.15) is 0 Å². The summed E-state index contributed by atoms with van der Waals surface area (Å²) in [5.74, 6) is -2.37. The van der Waals surface area contributed by atoms with Crippen molar-refractivity contribution in [2.75, 3.05) is 4.90 Å². The summed E-state index contributed by atoms with van der Waals surface area (Å²) in [5, 5.41) is 11.5. The predicted octanol–water partition coefficient (Wildman–Crippen LogP) is 6.18. The van der Waals surface area contributed by atoms with Gasteiger partial charge >= 0.3 is 0 Å². The maximum absolute atomic E-state index is 13.6. The molecule has 0 saturated carbocycles. The Morgan fingerprint density at radius 2 is 1.68 bits per heavy atom. The Kier molecular flexibility index (Phi) is 5.69. The third-order valence-electron chi connectivity index (χ3n) is 5.18. The van der Waals surface area contributed by atoms with E-state index >= 15 is 0 Å². The van der Waals surface area contributed by atoms with Crippen LogP contribution in [-0.2, 0) is 9.59 Å². The number of benzene rings is 3. The minimum atomic E-state index is -0.925. The molecule has 1 heterocycles. The van der Waals surface area contributed by atoms with Gasteiger partial charge in [0.1, 0.15) is 11.6 Å². The van der Waals surface area contributed by atoms with Gasteiger partial charge in [-0.3, -0.25) is 14.5 Å². The van der Waals surface area contributed by atoms with Crippen LogP contribution in [0, 0.1) is 12.7 Å². The summed E-state index contributed by atoms with van der Waals surface area (Å²) in [6, 6.07) is 16.1. The van der Waals surface area contributed by atoms with Gasteiger partial charge in [-0.1, -0.05) is 45.7 Å². The van der Waals surface area contributed by atoms with Crippen LogP contribution in [0.3, 0.4) is 0 Å². The second-order valence-electron chi connectivity index (χ2n) is 7.16. The second-order valence-corrected chi connectivity index (χ2v) is 8.45. The average molecular weight is 501 g/mol. The van der Waals surface area contributed by atoms with Crippen molar-refractivity contribution in [1.82, 2.24) is 0 Å². The molecule has 3 aromatic carbocycles. The van der Waals surface area contributed by atoms with Crippen LogP contribution in [0.25, 0.3) is 5.76 Å². The normalized spacial score (nSPS) is 17.9. The number of carbonyl (C=O) groups is 2. The summed E-state index contributed by atoms with van der Waals surface area (Å²) < 4.78 is 14.3. The molecule has 3 aromatic rings. The minimum absolute atomic E-state index is 0.0735. The van der Waals surface area contributed by atoms with Crippen molar-refractivity contribution in [2.45, 2.75) is 13.0 Å². The van der Waals surface area contributed by atoms with Gasteiger partial charge in [0.25, 0.3) is 11.7 Å². The van der Waals surface area contributed by atoms with Gasteiger partial charge in [0.2, 0.25) is 0 Å². The summed E-state index contributed by atoms with van der Waals surface area (Å²) >= 11 is 9.39. The largest absolute Gasteiger partial charge is 0.507 e. The van der Waals surface area contributed by atoms with Gasteiger partial charge in [0.05, 0.1) is 11.6 Å². The molecule has 1 amide bonds. The average Bonchev–Trinajstić information content (AvgIpc) is 3.01. The maximum Gasteiger partial charge on any atom is 0.300 e. The standard InChI is InChI=1S/C24H16BrClFNO3/c1-13-2-11-18(12-19(13)25)28-21(14-5-9-17(27)10-6-14)20(23(30)24(28)31)22(29)15-3-7-16(26)8-4-15/h2-12,21,29H,1H3/b22-20+. The molecule has 1 aliphatic heterocycles. The Balaban J connectivity index is 1.95. The summed E-state index contributed by atoms with van der Waals surface area (Å²) in [4.78, 5) is 27.4. The van der Waals surface area contributed by atoms with E-state index in [1.165, 1.54) is 29.2 Å². The number of aliphatic hydroxyl groups is 1. The van der Waals surface area contributed by atoms with Crippen molar-refractivity contribution >= 4 is 50.7 Å². The van der Waals surface area contributed by atoms with Crippen LogP contribution in [0.1, 0.15) is 22.7 Å². The lowest BCUT2D eigenvalue weighted by Gasteiger charge is -2.26. The van der Waals surface area contributed by atoms with Crippen molar-refractivity contribution in [1.29, 1.82) is 0 Å². The number of Topliss-reactive ketones (excluding diaryl/α,β-unsaturated/α-hetero) is 1. The number of nitrogens with zero attached hydrogens (tertiary/aromatic N) is 1. The number of halogens is 3. The van der Waals surface area contributed by atoms with E-state index in [1.54, 1.807) is 36.4 Å². The van der Waals surface area contributed by atoms with Gasteiger partial charge in [0.15, 0.2) is 0 Å². The van der Waals surface area contributed by atoms with Gasteiger partial charge in [-0.15, -0.1) is 0 Å². The molecular formula is C24H16BrClFNO3. The molecule has 1 aliphatic rings. The number of aliphatic hydroxyl groups excluding tert-OH is 1. The van der Waals surface area contributed by atoms with Crippen molar-refractivity contribution in [3.05, 3.63) is 104 Å². The van der Waals surface area contributed by atoms with Crippen LogP contribution in [0.5, 0.6) is 0 Å². The summed E-state index contributed by atoms with van der Waals surface area (Å²) in [6.45, 7) is 1.90. The quantitative estimate of drug-likeness (QED) is 0.266. The highest BCUT2D eigenvalue weighted by Gasteiger charge is 2.47. The highest BCUT2D eigenvalue weighted by molar-refractivity contribution is 9.10. The van der Waals surface area contributed by atoms with Crippen LogP contribution in [0.15, 0.2) is 76.8 Å². The topological polar surface area (TPSA) is 57.6 Å². The number of carbonyl (C=O) groups excluding carboxylic acids is 2. The lowest BCUT2D eigenvalue weighted by Crippen LogP contribution is -2.29. The maximum atomic E-state index is 13.6. The molecule has 1 N–H and O–H groups in total. The van der Waals surface area contributed by atoms with Crippen molar-refractivity contribution < 1.29 is 19.1 Å². The summed E-state index contributed by atoms with van der Waals surface area (Å²) in [7, 11) is 0. The number of anilines is 1. The summed E-state index contributed by atoms with van der Waals surface area (Å²) in [5.41, 5.74) is 2.20. The molecule has 4 nitrogen and oxygen atoms in total. The lowest BCUT2D eigenvalue weighted by atomic mass is 9.95. The van der Waals surface area contributed by atoms with Crippen LogP contribution >= 0.6 is 27.5 Å². The van der Waals surface area contributed by atoms with Crippen LogP contribution in [0.4, 0.5) is 10.1 Å². The van der Waals surface area contributed by atoms with E-state index in [-0.39, 0.29) is 11.3 Å². The second kappa shape index (κ2) is 8.29. The van der Waals surface area contributed by atoms with Crippen LogP contribution in [0.2, 0.25) is 5.02 Å². The molecule has 0 radical (unpaired) electrons. The molecule has 31 heavy (non-hydrogen) atoms. The van der Waals surface area contributed by atoms with Crippen LogP contribution in [-0.4, -0.2) is 16.8 Å². The van der Waals surface area contributed by atoms with Gasteiger partial charge in [-0.05, 0) is 66.6 Å². The molecule has 1 fully saturated rings. The zero-order valence-electron chi connectivity index (χ0n) is 16.3. The Morgan fingerprint density at radius 3 is 2.29 bits per heavy atom. The first-order chi connectivity index (χ1) is 14.8. The lowest BCUT2D eigenvalue weighted by molar-refractivity contribution is -0.132. The smallest absolute Gasteiger partial charge is 0.300 e. The molecule has 0 aromatic heterocycles. The molecule has 0 spiro atoms. The van der Waals surface area contributed by atoms with E-state index in [9.17, 15) is 19.1 Å². The highest BCUT2D eigenvalue weighted by atomic mass is 79.9. The van der Waals surface area contributed by atoms with E-state index in [1.807, 2.05) is 13.0 Å². The third kappa shape index (κ3) is 3.89. The number of hydrogen-bond donors (Lipinski definition) is 1. The molecule has 1 unspecified atom stereocenters. The highest BCUT2D eigenvalue weighted by Crippen LogP contribution is 2.43. The fourth-order valence-corrected chi connectivity index (χ4v) is 4.05. The SMILES string of the molecule is Cc1ccc(N2C(=O)C(=O)/C(=C(/O)c3ccc(Cl)cc3)C2c2ccc(F)cc2)cc1Br. The number of rotatable bonds is 3. The van der Waals surface area contributed by atoms with Crippen molar-refractivity contribution in [3.8, 4) is 0 Å². The Bertz CT molecular complexity index is 1220. The number of amides is 1. The molecule has 0 bridgehead atoms. The Morgan fingerprint density at radius 1 is 1.03 bits per heavy atom. The number of ketones is 1. The first-order valence-corrected chi connectivity index (χ1v) is 10.5. The van der Waals surface area contributed by atoms with E-state index in [0.29, 0.717) is 21.8 Å². The summed E-state index contributed by atoms with van der Waals surface area (Å²) in [6.07, 6.45) is 0. The van der Waals surface area contributed by atoms with Gasteiger partial charge in [0, 0.05) is 20.7 Å². The molecule has 0 aliphatic carbocycles. The monoisotopic (exact) mass is 499 g/mol. The molecule has 4 rings (SSSR count). The van der Waals surface area contributed by atoms with Gasteiger partial charge in [-0.25, -0.2) is 4.39 Å². The first kappa shape index (κ1) is 21.3. The fourth-order valence-electron chi connectivity index (χ4n) is 3.55. The Labute approximate surface area is 191 Å². The molecular weight excluding hydrogens is 485 g/mol. The third-order valence-corrected chi connectivity index (χ3v) is 6.29. The molecule has 7 heteroatoms. The van der Waals surface area contributed by atoms with Crippen LogP contribution < -0.4 is 4.90 Å². The Hall–Kier alpha value is -2.96. The first-order valence-electron chi connectivity index (χ1n) is 9.36. The van der Waals surface area contributed by atoms with Crippen molar-refractivity contribution in [3.63, 3.8) is 0 Å². The fraction of sp³-hybridized carbons (Fsp3) is 0.0833. The number of hydrogen-bond acceptors (Lipinski definition) is 3. The van der Waals surface area contributed by atoms with Gasteiger partial charge < -0.3 is 5.11 Å². The zero-order chi connectivity index (χ0) is 22.3. The zero-order valence-corrected chi connectivity index (χ0v) is 18.6. The molecule has 1 atom stereocenters. The van der Waals surface area contributed by atoms with E-state index < -0.39 is 23.5 Å². The number of aryl methyl sites for hydroxylation is 1. The molecule has 156 valence electrons. The minimum Gasteiger partial charge on any atom is -0.507 e.